The summed E-state index contributed by atoms with van der Waals surface area (Å²) in [7, 11) is 0. The molecule has 3 heteroatoms. The third-order valence-corrected chi connectivity index (χ3v) is 2.78. The molecule has 0 radical (unpaired) electrons. The first-order valence-electron chi connectivity index (χ1n) is 6.44. The molecule has 1 aromatic rings. The summed E-state index contributed by atoms with van der Waals surface area (Å²) in [5, 5.41) is 3.26. The van der Waals surface area contributed by atoms with Gasteiger partial charge in [0.2, 0.25) is 0 Å². The quantitative estimate of drug-likeness (QED) is 0.843. The van der Waals surface area contributed by atoms with Gasteiger partial charge in [0.1, 0.15) is 5.82 Å². The molecule has 1 rings (SSSR count). The Morgan fingerprint density at radius 3 is 2.50 bits per heavy atom. The topological polar surface area (TPSA) is 29.1 Å². The van der Waals surface area contributed by atoms with Crippen molar-refractivity contribution in [3.05, 3.63) is 35.6 Å². The fourth-order valence-corrected chi connectivity index (χ4v) is 1.95. The molecule has 2 nitrogen and oxygen atoms in total. The molecule has 1 N–H and O–H groups in total. The van der Waals surface area contributed by atoms with Crippen molar-refractivity contribution in [2.75, 3.05) is 0 Å². The molecule has 0 bridgehead atoms. The van der Waals surface area contributed by atoms with Crippen LogP contribution in [0.2, 0.25) is 0 Å². The Balaban J connectivity index is 0.00000324. The lowest BCUT2D eigenvalue weighted by molar-refractivity contribution is -0.124. The fourth-order valence-electron chi connectivity index (χ4n) is 1.95. The Labute approximate surface area is 110 Å². The number of hydrogen-bond acceptors (Lipinski definition) is 2. The second-order valence-electron chi connectivity index (χ2n) is 5.27. The molecule has 0 heterocycles. The van der Waals surface area contributed by atoms with E-state index < -0.39 is 0 Å². The Morgan fingerprint density at radius 2 is 2.00 bits per heavy atom. The highest BCUT2D eigenvalue weighted by atomic mass is 19.1. The Kier molecular flexibility index (Phi) is 5.48. The number of ketones is 1. The smallest absolute Gasteiger partial charge is 0.152 e. The van der Waals surface area contributed by atoms with Crippen LogP contribution in [0.25, 0.3) is 0 Å². The average Bonchev–Trinajstić information content (AvgIpc) is 2.26. The minimum atomic E-state index is -0.257. The molecule has 0 saturated heterocycles. The molecule has 0 fully saturated rings. The van der Waals surface area contributed by atoms with Gasteiger partial charge in [0.25, 0.3) is 0 Å². The number of nitrogens with one attached hydrogen (secondary N) is 1. The van der Waals surface area contributed by atoms with Crippen LogP contribution >= 0.6 is 0 Å². The van der Waals surface area contributed by atoms with E-state index in [-0.39, 0.29) is 31.0 Å². The zero-order valence-electron chi connectivity index (χ0n) is 11.5. The predicted octanol–water partition coefficient (Wildman–Crippen LogP) is 3.21. The number of carbonyl (C=O) groups excluding carboxylic acids is 1. The highest BCUT2D eigenvalue weighted by Crippen LogP contribution is 2.10. The van der Waals surface area contributed by atoms with E-state index in [0.717, 1.165) is 5.56 Å². The van der Waals surface area contributed by atoms with Crippen LogP contribution in [0.5, 0.6) is 0 Å². The number of rotatable bonds is 6. The van der Waals surface area contributed by atoms with Crippen molar-refractivity contribution < 1.29 is 10.6 Å². The third-order valence-electron chi connectivity index (χ3n) is 2.78. The van der Waals surface area contributed by atoms with Gasteiger partial charge in [0.15, 0.2) is 5.78 Å². The molecular weight excluding hydrogens is 229 g/mol. The van der Waals surface area contributed by atoms with Gasteiger partial charge in [0.05, 0.1) is 6.04 Å². The highest BCUT2D eigenvalue weighted by molar-refractivity contribution is 5.86. The molecule has 1 aromatic carbocycles. The summed E-state index contributed by atoms with van der Waals surface area (Å²) in [6.45, 7) is 7.80. The molecule has 0 saturated carbocycles. The molecule has 0 aromatic heterocycles. The first kappa shape index (κ1) is 14.8. The van der Waals surface area contributed by atoms with Gasteiger partial charge in [-0.15, -0.1) is 0 Å². The Hall–Kier alpha value is -1.22. The first-order chi connectivity index (χ1) is 8.40. The van der Waals surface area contributed by atoms with Crippen molar-refractivity contribution in [2.45, 2.75) is 46.2 Å². The van der Waals surface area contributed by atoms with Crippen LogP contribution in [0.1, 0.15) is 34.7 Å². The number of hydrogen-bond donors (Lipinski definition) is 1. The fraction of sp³-hybridized carbons (Fsp3) is 0.533. The second-order valence-corrected chi connectivity index (χ2v) is 5.27. The zero-order chi connectivity index (χ0) is 13.7. The molecule has 18 heavy (non-hydrogen) atoms. The summed E-state index contributed by atoms with van der Waals surface area (Å²) in [6, 6.07) is 6.42. The second kappa shape index (κ2) is 6.64. The van der Waals surface area contributed by atoms with Crippen LogP contribution in [0.4, 0.5) is 4.39 Å². The van der Waals surface area contributed by atoms with E-state index in [2.05, 4.69) is 5.32 Å². The van der Waals surface area contributed by atoms with Gasteiger partial charge in [-0.3, -0.25) is 4.79 Å². The first-order valence-corrected chi connectivity index (χ1v) is 6.44. The van der Waals surface area contributed by atoms with Crippen LogP contribution in [0, 0.1) is 11.7 Å². The molecule has 0 amide bonds. The van der Waals surface area contributed by atoms with Crippen LogP contribution in [-0.2, 0) is 11.2 Å². The monoisotopic (exact) mass is 253 g/mol. The summed E-state index contributed by atoms with van der Waals surface area (Å²) < 4.78 is 13.1. The van der Waals surface area contributed by atoms with E-state index in [1.165, 1.54) is 12.1 Å². The normalized spacial score (nSPS) is 13.1. The van der Waals surface area contributed by atoms with E-state index in [1.54, 1.807) is 6.07 Å². The SMILES string of the molecule is CC(C)N[C@@H](Cc1cccc(F)c1)C(=O)C(C)C.[HH]. The van der Waals surface area contributed by atoms with Gasteiger partial charge in [-0.1, -0.05) is 39.8 Å². The predicted molar refractivity (Wildman–Crippen MR) is 74.1 cm³/mol. The van der Waals surface area contributed by atoms with Gasteiger partial charge < -0.3 is 5.32 Å². The number of carbonyl (C=O) groups is 1. The van der Waals surface area contributed by atoms with E-state index in [4.69, 9.17) is 0 Å². The molecule has 0 spiro atoms. The number of Topliss-reactive ketones (excluding diaryl/α,β-unsaturated/α-hetero) is 1. The average molecular weight is 253 g/mol. The molecule has 0 aliphatic heterocycles. The summed E-state index contributed by atoms with van der Waals surface area (Å²) in [6.07, 6.45) is 0.535. The Morgan fingerprint density at radius 1 is 1.33 bits per heavy atom. The molecular formula is C15H24FNO. The third kappa shape index (κ3) is 4.57. The van der Waals surface area contributed by atoms with E-state index in [1.807, 2.05) is 33.8 Å². The lowest BCUT2D eigenvalue weighted by atomic mass is 9.95. The van der Waals surface area contributed by atoms with E-state index >= 15 is 0 Å². The zero-order valence-corrected chi connectivity index (χ0v) is 11.5. The molecule has 0 unspecified atom stereocenters. The van der Waals surface area contributed by atoms with Gasteiger partial charge >= 0.3 is 0 Å². The standard InChI is InChI=1S/C15H22FNO.H2/c1-10(2)15(18)14(17-11(3)4)9-12-6-5-7-13(16)8-12;/h5-8,10-11,14,17H,9H2,1-4H3;1H/t14-;/m0./s1. The summed E-state index contributed by atoms with van der Waals surface area (Å²) in [4.78, 5) is 12.1. The van der Waals surface area contributed by atoms with Crippen LogP contribution < -0.4 is 5.32 Å². The van der Waals surface area contributed by atoms with Gasteiger partial charge in [0, 0.05) is 13.4 Å². The van der Waals surface area contributed by atoms with Crippen LogP contribution in [0.15, 0.2) is 24.3 Å². The molecule has 0 aliphatic carbocycles. The summed E-state index contributed by atoms with van der Waals surface area (Å²) in [5.41, 5.74) is 0.849. The van der Waals surface area contributed by atoms with E-state index in [9.17, 15) is 9.18 Å². The lowest BCUT2D eigenvalue weighted by Gasteiger charge is -2.22. The van der Waals surface area contributed by atoms with Crippen LogP contribution in [-0.4, -0.2) is 17.9 Å². The molecule has 1 atom stereocenters. The van der Waals surface area contributed by atoms with Crippen molar-refractivity contribution in [3.63, 3.8) is 0 Å². The minimum absolute atomic E-state index is 0. The van der Waals surface area contributed by atoms with Crippen molar-refractivity contribution in [1.82, 2.24) is 5.32 Å². The van der Waals surface area contributed by atoms with E-state index in [0.29, 0.717) is 6.42 Å². The molecule has 102 valence electrons. The molecule has 0 aliphatic rings. The van der Waals surface area contributed by atoms with Crippen molar-refractivity contribution in [1.29, 1.82) is 0 Å². The summed E-state index contributed by atoms with van der Waals surface area (Å²) >= 11 is 0. The van der Waals surface area contributed by atoms with Crippen molar-refractivity contribution >= 4 is 5.78 Å². The highest BCUT2D eigenvalue weighted by Gasteiger charge is 2.22. The maximum atomic E-state index is 13.1. The number of benzene rings is 1. The van der Waals surface area contributed by atoms with Crippen LogP contribution in [0.3, 0.4) is 0 Å². The van der Waals surface area contributed by atoms with Crippen molar-refractivity contribution in [2.24, 2.45) is 5.92 Å². The maximum absolute atomic E-state index is 13.1. The Bertz CT molecular complexity index is 407. The summed E-state index contributed by atoms with van der Waals surface area (Å²) in [5.74, 6) is -0.101. The number of halogens is 1. The largest absolute Gasteiger partial charge is 0.305 e. The minimum Gasteiger partial charge on any atom is -0.305 e. The van der Waals surface area contributed by atoms with Gasteiger partial charge in [-0.25, -0.2) is 4.39 Å². The van der Waals surface area contributed by atoms with Gasteiger partial charge in [-0.05, 0) is 24.1 Å². The van der Waals surface area contributed by atoms with Crippen molar-refractivity contribution in [3.8, 4) is 0 Å². The maximum Gasteiger partial charge on any atom is 0.152 e. The lowest BCUT2D eigenvalue weighted by Crippen LogP contribution is -2.44. The van der Waals surface area contributed by atoms with Gasteiger partial charge in [-0.2, -0.15) is 0 Å².